The van der Waals surface area contributed by atoms with E-state index < -0.39 is 0 Å². The van der Waals surface area contributed by atoms with Crippen molar-refractivity contribution < 1.29 is 8.91 Å². The number of hydrogen-bond acceptors (Lipinski definition) is 5. The fraction of sp³-hybridized carbons (Fsp3) is 0.278. The van der Waals surface area contributed by atoms with Crippen LogP contribution in [-0.2, 0) is 6.54 Å². The third-order valence-electron chi connectivity index (χ3n) is 3.62. The van der Waals surface area contributed by atoms with E-state index in [1.165, 1.54) is 12.1 Å². The maximum absolute atomic E-state index is 12.9. The van der Waals surface area contributed by atoms with Gasteiger partial charge in [0.05, 0.1) is 17.0 Å². The first-order valence-electron chi connectivity index (χ1n) is 7.82. The van der Waals surface area contributed by atoms with Crippen molar-refractivity contribution in [2.45, 2.75) is 33.2 Å². The highest BCUT2D eigenvalue weighted by Gasteiger charge is 2.16. The molecule has 0 aliphatic rings. The van der Waals surface area contributed by atoms with Gasteiger partial charge in [-0.1, -0.05) is 31.1 Å². The third-order valence-corrected chi connectivity index (χ3v) is 3.62. The Morgan fingerprint density at radius 3 is 2.58 bits per heavy atom. The molecule has 3 rings (SSSR count). The average molecular weight is 326 g/mol. The first-order chi connectivity index (χ1) is 11.5. The lowest BCUT2D eigenvalue weighted by Gasteiger charge is -2.12. The summed E-state index contributed by atoms with van der Waals surface area (Å²) in [5.74, 6) is 1.16. The van der Waals surface area contributed by atoms with Crippen LogP contribution in [0.2, 0.25) is 0 Å². The fourth-order valence-electron chi connectivity index (χ4n) is 2.38. The summed E-state index contributed by atoms with van der Waals surface area (Å²) < 4.78 is 18.3. The summed E-state index contributed by atoms with van der Waals surface area (Å²) in [5, 5.41) is 7.09. The van der Waals surface area contributed by atoms with E-state index in [1.54, 1.807) is 18.3 Å². The Hall–Kier alpha value is -2.76. The van der Waals surface area contributed by atoms with Crippen LogP contribution in [0.3, 0.4) is 0 Å². The van der Waals surface area contributed by atoms with Gasteiger partial charge in [0.15, 0.2) is 5.76 Å². The van der Waals surface area contributed by atoms with Gasteiger partial charge in [0, 0.05) is 18.8 Å². The number of benzene rings is 1. The molecule has 5 nitrogen and oxygen atoms in total. The van der Waals surface area contributed by atoms with Crippen molar-refractivity contribution in [3.05, 3.63) is 59.3 Å². The normalized spacial score (nSPS) is 11.0. The fourth-order valence-corrected chi connectivity index (χ4v) is 2.38. The van der Waals surface area contributed by atoms with Crippen LogP contribution in [0.5, 0.6) is 0 Å². The lowest BCUT2D eigenvalue weighted by atomic mass is 10.0. The lowest BCUT2D eigenvalue weighted by molar-refractivity contribution is 0.426. The van der Waals surface area contributed by atoms with Crippen molar-refractivity contribution in [1.29, 1.82) is 0 Å². The molecule has 0 fully saturated rings. The van der Waals surface area contributed by atoms with E-state index in [9.17, 15) is 4.39 Å². The third kappa shape index (κ3) is 3.59. The Morgan fingerprint density at radius 2 is 1.96 bits per heavy atom. The van der Waals surface area contributed by atoms with Crippen LogP contribution in [0.25, 0.3) is 11.3 Å². The van der Waals surface area contributed by atoms with Gasteiger partial charge in [0.25, 0.3) is 0 Å². The quantitative estimate of drug-likeness (QED) is 0.756. The van der Waals surface area contributed by atoms with Gasteiger partial charge in [0.1, 0.15) is 5.82 Å². The van der Waals surface area contributed by atoms with E-state index in [4.69, 9.17) is 4.52 Å². The van der Waals surface area contributed by atoms with Gasteiger partial charge < -0.3 is 9.84 Å². The number of aromatic nitrogens is 3. The summed E-state index contributed by atoms with van der Waals surface area (Å²) >= 11 is 0. The van der Waals surface area contributed by atoms with E-state index in [2.05, 4.69) is 34.3 Å². The van der Waals surface area contributed by atoms with E-state index in [1.807, 2.05) is 13.0 Å². The van der Waals surface area contributed by atoms with Gasteiger partial charge in [-0.15, -0.1) is 0 Å². The van der Waals surface area contributed by atoms with Gasteiger partial charge in [-0.05, 0) is 30.5 Å². The maximum atomic E-state index is 12.9. The molecule has 2 heterocycles. The van der Waals surface area contributed by atoms with E-state index in [-0.39, 0.29) is 11.7 Å². The maximum Gasteiger partial charge on any atom is 0.223 e. The Morgan fingerprint density at radius 1 is 1.21 bits per heavy atom. The highest BCUT2D eigenvalue weighted by molar-refractivity contribution is 5.61. The zero-order valence-corrected chi connectivity index (χ0v) is 13.9. The lowest BCUT2D eigenvalue weighted by Crippen LogP contribution is -2.07. The Bertz CT molecular complexity index is 827. The largest absolute Gasteiger partial charge is 0.356 e. The minimum absolute atomic E-state index is 0.208. The van der Waals surface area contributed by atoms with Crippen LogP contribution in [-0.4, -0.2) is 15.1 Å². The molecular formula is C18H19FN4O. The van der Waals surface area contributed by atoms with Crippen molar-refractivity contribution in [3.63, 3.8) is 0 Å². The summed E-state index contributed by atoms with van der Waals surface area (Å²) in [6.45, 7) is 6.54. The first-order valence-corrected chi connectivity index (χ1v) is 7.82. The molecule has 3 aromatic rings. The standard InChI is InChI=1S/C18H19FN4O/c1-11(2)17-15(16-8-12(3)23-24-16)10-21-18(22-17)20-9-13-4-6-14(19)7-5-13/h4-8,10-11H,9H2,1-3H3,(H,20,21,22). The van der Waals surface area contributed by atoms with Crippen molar-refractivity contribution >= 4 is 5.95 Å². The topological polar surface area (TPSA) is 63.8 Å². The molecule has 2 aromatic heterocycles. The summed E-state index contributed by atoms with van der Waals surface area (Å²) in [7, 11) is 0. The number of nitrogens with zero attached hydrogens (tertiary/aromatic N) is 3. The van der Waals surface area contributed by atoms with E-state index in [0.717, 1.165) is 22.5 Å². The number of anilines is 1. The van der Waals surface area contributed by atoms with Crippen molar-refractivity contribution in [1.82, 2.24) is 15.1 Å². The molecule has 24 heavy (non-hydrogen) atoms. The molecule has 0 spiro atoms. The van der Waals surface area contributed by atoms with Crippen LogP contribution in [0.4, 0.5) is 10.3 Å². The second-order valence-corrected chi connectivity index (χ2v) is 5.96. The monoisotopic (exact) mass is 326 g/mol. The van der Waals surface area contributed by atoms with Crippen LogP contribution >= 0.6 is 0 Å². The summed E-state index contributed by atoms with van der Waals surface area (Å²) in [6, 6.07) is 8.21. The Labute approximate surface area is 139 Å². The summed E-state index contributed by atoms with van der Waals surface area (Å²) in [5.41, 5.74) is 3.51. The van der Waals surface area contributed by atoms with Crippen LogP contribution in [0.15, 0.2) is 41.1 Å². The van der Waals surface area contributed by atoms with Gasteiger partial charge in [-0.2, -0.15) is 0 Å². The molecule has 1 N–H and O–H groups in total. The van der Waals surface area contributed by atoms with E-state index in [0.29, 0.717) is 18.3 Å². The predicted molar refractivity (Wildman–Crippen MR) is 90.1 cm³/mol. The molecule has 0 atom stereocenters. The van der Waals surface area contributed by atoms with Gasteiger partial charge in [-0.3, -0.25) is 0 Å². The van der Waals surface area contributed by atoms with Crippen molar-refractivity contribution in [3.8, 4) is 11.3 Å². The number of aryl methyl sites for hydroxylation is 1. The van der Waals surface area contributed by atoms with Gasteiger partial charge in [0.2, 0.25) is 5.95 Å². The average Bonchev–Trinajstić information content (AvgIpc) is 3.00. The zero-order chi connectivity index (χ0) is 17.1. The molecule has 0 aliphatic carbocycles. The smallest absolute Gasteiger partial charge is 0.223 e. The van der Waals surface area contributed by atoms with Gasteiger partial charge >= 0.3 is 0 Å². The van der Waals surface area contributed by atoms with Crippen molar-refractivity contribution in [2.75, 3.05) is 5.32 Å². The highest BCUT2D eigenvalue weighted by Crippen LogP contribution is 2.28. The highest BCUT2D eigenvalue weighted by atomic mass is 19.1. The molecular weight excluding hydrogens is 307 g/mol. The van der Waals surface area contributed by atoms with Gasteiger partial charge in [-0.25, -0.2) is 14.4 Å². The van der Waals surface area contributed by atoms with Crippen LogP contribution in [0.1, 0.15) is 36.7 Å². The molecule has 124 valence electrons. The van der Waals surface area contributed by atoms with Crippen molar-refractivity contribution in [2.24, 2.45) is 0 Å². The molecule has 0 saturated carbocycles. The summed E-state index contributed by atoms with van der Waals surface area (Å²) in [6.07, 6.45) is 1.75. The molecule has 0 radical (unpaired) electrons. The summed E-state index contributed by atoms with van der Waals surface area (Å²) in [4.78, 5) is 8.96. The molecule has 0 aliphatic heterocycles. The molecule has 0 unspecified atom stereocenters. The number of nitrogens with one attached hydrogen (secondary N) is 1. The zero-order valence-electron chi connectivity index (χ0n) is 13.9. The van der Waals surface area contributed by atoms with Crippen LogP contribution in [0, 0.1) is 12.7 Å². The second kappa shape index (κ2) is 6.78. The Balaban J connectivity index is 1.82. The molecule has 6 heteroatoms. The first kappa shape index (κ1) is 16.1. The number of hydrogen-bond donors (Lipinski definition) is 1. The predicted octanol–water partition coefficient (Wildman–Crippen LogP) is 4.31. The molecule has 0 bridgehead atoms. The minimum Gasteiger partial charge on any atom is -0.356 e. The minimum atomic E-state index is -0.246. The molecule has 0 amide bonds. The molecule has 1 aromatic carbocycles. The number of rotatable bonds is 5. The Kier molecular flexibility index (Phi) is 4.55. The van der Waals surface area contributed by atoms with Crippen LogP contribution < -0.4 is 5.32 Å². The number of halogens is 1. The van der Waals surface area contributed by atoms with E-state index >= 15 is 0 Å². The second-order valence-electron chi connectivity index (χ2n) is 5.96. The SMILES string of the molecule is Cc1cc(-c2cnc(NCc3ccc(F)cc3)nc2C(C)C)on1. The molecule has 0 saturated heterocycles.